The molecule has 9 heteroatoms. The molecule has 0 unspecified atom stereocenters. The molecule has 0 spiro atoms. The van der Waals surface area contributed by atoms with E-state index in [4.69, 9.17) is 5.11 Å². The van der Waals surface area contributed by atoms with E-state index in [0.29, 0.717) is 19.3 Å². The number of sulfonamides is 1. The zero-order valence-corrected chi connectivity index (χ0v) is 12.4. The van der Waals surface area contributed by atoms with Crippen molar-refractivity contribution in [3.63, 3.8) is 0 Å². The summed E-state index contributed by atoms with van der Waals surface area (Å²) in [6.07, 6.45) is 2.67. The normalized spacial score (nSPS) is 19.4. The Morgan fingerprint density at radius 2 is 1.74 bits per heavy atom. The summed E-state index contributed by atoms with van der Waals surface area (Å²) in [5.74, 6) is -0.659. The molecule has 19 heavy (non-hydrogen) atoms. The Balaban J connectivity index is 2.52. The van der Waals surface area contributed by atoms with Crippen molar-refractivity contribution in [2.45, 2.75) is 25.7 Å². The molecule has 112 valence electrons. The highest BCUT2D eigenvalue weighted by molar-refractivity contribution is 8.06. The van der Waals surface area contributed by atoms with Crippen molar-refractivity contribution in [1.82, 2.24) is 4.31 Å². The fourth-order valence-corrected chi connectivity index (χ4v) is 5.68. The maximum atomic E-state index is 11.8. The molecule has 0 aromatic rings. The Labute approximate surface area is 113 Å². The van der Waals surface area contributed by atoms with Gasteiger partial charge in [0, 0.05) is 25.8 Å². The lowest BCUT2D eigenvalue weighted by Crippen LogP contribution is -2.41. The predicted octanol–water partition coefficient (Wildman–Crippen LogP) is -0.105. The Bertz CT molecular complexity index is 516. The summed E-state index contributed by atoms with van der Waals surface area (Å²) >= 11 is 0. The van der Waals surface area contributed by atoms with Gasteiger partial charge in [-0.25, -0.2) is 21.1 Å². The standard InChI is InChI=1S/C10H19NO6S2/c1-18(14,15)8-19(16,17)11-6-4-9(5-7-11)2-3-10(12)13/h9H,2-8H2,1H3,(H,12,13). The molecule has 1 saturated heterocycles. The zero-order valence-electron chi connectivity index (χ0n) is 10.8. The number of carbonyl (C=O) groups is 1. The Hall–Kier alpha value is -0.670. The van der Waals surface area contributed by atoms with Crippen LogP contribution in [0.15, 0.2) is 0 Å². The van der Waals surface area contributed by atoms with Gasteiger partial charge in [0.15, 0.2) is 14.9 Å². The molecule has 0 bridgehead atoms. The summed E-state index contributed by atoms with van der Waals surface area (Å²) in [6.45, 7) is 0.532. The lowest BCUT2D eigenvalue weighted by Gasteiger charge is -2.30. The smallest absolute Gasteiger partial charge is 0.303 e. The van der Waals surface area contributed by atoms with E-state index < -0.39 is 30.9 Å². The fraction of sp³-hybridized carbons (Fsp3) is 0.900. The average molecular weight is 313 g/mol. The van der Waals surface area contributed by atoms with E-state index in [1.165, 1.54) is 4.31 Å². The summed E-state index contributed by atoms with van der Waals surface area (Å²) in [4.78, 5) is 10.4. The molecule has 1 rings (SSSR count). The topological polar surface area (TPSA) is 109 Å². The molecule has 1 heterocycles. The molecule has 0 amide bonds. The van der Waals surface area contributed by atoms with Crippen LogP contribution >= 0.6 is 0 Å². The van der Waals surface area contributed by atoms with Gasteiger partial charge in [0.25, 0.3) is 0 Å². The zero-order chi connectivity index (χ0) is 14.7. The molecule has 0 aromatic heterocycles. The van der Waals surface area contributed by atoms with Gasteiger partial charge in [0.05, 0.1) is 0 Å². The van der Waals surface area contributed by atoms with Crippen LogP contribution in [-0.4, -0.2) is 56.6 Å². The molecule has 1 aliphatic rings. The third kappa shape index (κ3) is 5.87. The minimum absolute atomic E-state index is 0.0841. The molecule has 0 atom stereocenters. The molecular weight excluding hydrogens is 294 g/mol. The van der Waals surface area contributed by atoms with Crippen LogP contribution in [0.5, 0.6) is 0 Å². The van der Waals surface area contributed by atoms with E-state index in [1.807, 2.05) is 0 Å². The Kier molecular flexibility index (Phi) is 5.34. The van der Waals surface area contributed by atoms with Crippen molar-refractivity contribution in [2.75, 3.05) is 24.4 Å². The predicted molar refractivity (Wildman–Crippen MR) is 69.8 cm³/mol. The molecule has 0 aliphatic carbocycles. The third-order valence-electron chi connectivity index (χ3n) is 3.10. The summed E-state index contributed by atoms with van der Waals surface area (Å²) in [7, 11) is -7.34. The highest BCUT2D eigenvalue weighted by atomic mass is 32.3. The summed E-state index contributed by atoms with van der Waals surface area (Å²) < 4.78 is 47.0. The molecule has 7 nitrogen and oxygen atoms in total. The van der Waals surface area contributed by atoms with E-state index in [2.05, 4.69) is 0 Å². The minimum atomic E-state index is -3.77. The number of rotatable bonds is 6. The maximum absolute atomic E-state index is 11.8. The number of carboxylic acids is 1. The van der Waals surface area contributed by atoms with Gasteiger partial charge >= 0.3 is 5.97 Å². The lowest BCUT2D eigenvalue weighted by atomic mass is 9.93. The van der Waals surface area contributed by atoms with Crippen LogP contribution in [0.25, 0.3) is 0 Å². The van der Waals surface area contributed by atoms with Crippen molar-refractivity contribution in [2.24, 2.45) is 5.92 Å². The van der Waals surface area contributed by atoms with Crippen molar-refractivity contribution >= 4 is 25.8 Å². The SMILES string of the molecule is CS(=O)(=O)CS(=O)(=O)N1CCC(CCC(=O)O)CC1. The number of aliphatic carboxylic acids is 1. The lowest BCUT2D eigenvalue weighted by molar-refractivity contribution is -0.137. The fourth-order valence-electron chi connectivity index (χ4n) is 2.15. The van der Waals surface area contributed by atoms with Gasteiger partial charge in [0.2, 0.25) is 10.0 Å². The molecule has 1 fully saturated rings. The first-order valence-corrected chi connectivity index (χ1v) is 9.64. The minimum Gasteiger partial charge on any atom is -0.481 e. The molecular formula is C10H19NO6S2. The van der Waals surface area contributed by atoms with Crippen LogP contribution in [0.2, 0.25) is 0 Å². The second-order valence-corrected chi connectivity index (χ2v) is 9.40. The Morgan fingerprint density at radius 3 is 2.16 bits per heavy atom. The van der Waals surface area contributed by atoms with Gasteiger partial charge in [-0.3, -0.25) is 4.79 Å². The number of carboxylic acid groups (broad SMARTS) is 1. The number of piperidine rings is 1. The molecule has 0 saturated carbocycles. The van der Waals surface area contributed by atoms with Crippen LogP contribution in [0.1, 0.15) is 25.7 Å². The average Bonchev–Trinajstić information content (AvgIpc) is 2.23. The first kappa shape index (κ1) is 16.4. The quantitative estimate of drug-likeness (QED) is 0.733. The van der Waals surface area contributed by atoms with Crippen LogP contribution in [-0.2, 0) is 24.7 Å². The van der Waals surface area contributed by atoms with Crippen LogP contribution in [0.3, 0.4) is 0 Å². The maximum Gasteiger partial charge on any atom is 0.303 e. The number of sulfone groups is 1. The first-order valence-electron chi connectivity index (χ1n) is 5.97. The summed E-state index contributed by atoms with van der Waals surface area (Å²) in [6, 6.07) is 0. The summed E-state index contributed by atoms with van der Waals surface area (Å²) in [5.41, 5.74) is 0. The number of hydrogen-bond donors (Lipinski definition) is 1. The van der Waals surface area contributed by atoms with Gasteiger partial charge in [-0.1, -0.05) is 0 Å². The van der Waals surface area contributed by atoms with E-state index in [9.17, 15) is 21.6 Å². The van der Waals surface area contributed by atoms with Gasteiger partial charge in [-0.05, 0) is 25.2 Å². The van der Waals surface area contributed by atoms with Crippen molar-refractivity contribution in [3.8, 4) is 0 Å². The second-order valence-electron chi connectivity index (χ2n) is 4.93. The van der Waals surface area contributed by atoms with Gasteiger partial charge in [-0.2, -0.15) is 0 Å². The molecule has 1 N–H and O–H groups in total. The van der Waals surface area contributed by atoms with Crippen LogP contribution in [0.4, 0.5) is 0 Å². The molecule has 0 radical (unpaired) electrons. The van der Waals surface area contributed by atoms with Crippen molar-refractivity contribution < 1.29 is 26.7 Å². The Morgan fingerprint density at radius 1 is 1.21 bits per heavy atom. The third-order valence-corrected chi connectivity index (χ3v) is 7.15. The monoisotopic (exact) mass is 313 g/mol. The second kappa shape index (κ2) is 6.19. The van der Waals surface area contributed by atoms with Gasteiger partial charge in [0.1, 0.15) is 0 Å². The largest absolute Gasteiger partial charge is 0.481 e. The van der Waals surface area contributed by atoms with Crippen LogP contribution < -0.4 is 0 Å². The summed E-state index contributed by atoms with van der Waals surface area (Å²) in [5, 5.41) is 7.72. The number of nitrogens with zero attached hydrogens (tertiary/aromatic N) is 1. The van der Waals surface area contributed by atoms with Crippen molar-refractivity contribution in [1.29, 1.82) is 0 Å². The van der Waals surface area contributed by atoms with E-state index in [1.54, 1.807) is 0 Å². The van der Waals surface area contributed by atoms with Gasteiger partial charge in [-0.15, -0.1) is 0 Å². The van der Waals surface area contributed by atoms with Crippen LogP contribution in [0, 0.1) is 5.92 Å². The molecule has 0 aromatic carbocycles. The highest BCUT2D eigenvalue weighted by Gasteiger charge is 2.30. The molecule has 1 aliphatic heterocycles. The van der Waals surface area contributed by atoms with E-state index in [-0.39, 0.29) is 25.4 Å². The first-order chi connectivity index (χ1) is 8.60. The highest BCUT2D eigenvalue weighted by Crippen LogP contribution is 2.24. The number of hydrogen-bond acceptors (Lipinski definition) is 5. The van der Waals surface area contributed by atoms with Crippen molar-refractivity contribution in [3.05, 3.63) is 0 Å². The van der Waals surface area contributed by atoms with E-state index in [0.717, 1.165) is 6.26 Å². The van der Waals surface area contributed by atoms with Gasteiger partial charge < -0.3 is 5.11 Å². The van der Waals surface area contributed by atoms with E-state index >= 15 is 0 Å².